The average Bonchev–Trinajstić information content (AvgIpc) is 3.77. The summed E-state index contributed by atoms with van der Waals surface area (Å²) < 4.78 is 9.29. The predicted molar refractivity (Wildman–Crippen MR) is 207 cm³/mol. The maximum absolute atomic E-state index is 6.72. The molecule has 234 valence electrons. The minimum atomic E-state index is 0.617. The largest absolute Gasteiger partial charge is 0.455 e. The molecule has 10 rings (SSSR count). The highest BCUT2D eigenvalue weighted by molar-refractivity contribution is 7.25. The molecule has 50 heavy (non-hydrogen) atoms. The Hall–Kier alpha value is -6.43. The van der Waals surface area contributed by atoms with Crippen molar-refractivity contribution in [1.29, 1.82) is 0 Å². The molecular formula is C45H27N3OS. The Labute approximate surface area is 292 Å². The minimum absolute atomic E-state index is 0.617. The molecule has 0 saturated heterocycles. The molecule has 0 spiro atoms. The third-order valence-electron chi connectivity index (χ3n) is 9.42. The van der Waals surface area contributed by atoms with Gasteiger partial charge in [-0.2, -0.15) is 0 Å². The van der Waals surface area contributed by atoms with Gasteiger partial charge in [0.1, 0.15) is 11.2 Å². The Morgan fingerprint density at radius 3 is 2.02 bits per heavy atom. The first-order valence-corrected chi connectivity index (χ1v) is 17.4. The van der Waals surface area contributed by atoms with Crippen LogP contribution in [0, 0.1) is 0 Å². The van der Waals surface area contributed by atoms with Crippen LogP contribution < -0.4 is 0 Å². The van der Waals surface area contributed by atoms with Gasteiger partial charge in [-0.05, 0) is 70.8 Å². The highest BCUT2D eigenvalue weighted by Crippen LogP contribution is 2.43. The highest BCUT2D eigenvalue weighted by Gasteiger charge is 2.21. The molecule has 0 N–H and O–H groups in total. The van der Waals surface area contributed by atoms with Crippen molar-refractivity contribution in [3.05, 3.63) is 164 Å². The molecular weight excluding hydrogens is 631 g/mol. The number of fused-ring (bicyclic) bond motifs is 6. The van der Waals surface area contributed by atoms with Gasteiger partial charge < -0.3 is 4.42 Å². The van der Waals surface area contributed by atoms with Crippen molar-refractivity contribution in [1.82, 2.24) is 15.0 Å². The molecule has 5 heteroatoms. The van der Waals surface area contributed by atoms with Crippen molar-refractivity contribution >= 4 is 53.4 Å². The number of hydrogen-bond donors (Lipinski definition) is 0. The zero-order chi connectivity index (χ0) is 33.0. The van der Waals surface area contributed by atoms with Crippen molar-refractivity contribution in [2.24, 2.45) is 0 Å². The van der Waals surface area contributed by atoms with Gasteiger partial charge in [0.25, 0.3) is 0 Å². The maximum atomic E-state index is 6.72. The van der Waals surface area contributed by atoms with Crippen LogP contribution in [0.1, 0.15) is 0 Å². The number of hydrogen-bond acceptors (Lipinski definition) is 5. The van der Waals surface area contributed by atoms with Crippen LogP contribution >= 0.6 is 11.3 Å². The topological polar surface area (TPSA) is 51.8 Å². The molecule has 6 aromatic carbocycles. The van der Waals surface area contributed by atoms with Crippen LogP contribution in [0.2, 0.25) is 0 Å². The van der Waals surface area contributed by atoms with Crippen molar-refractivity contribution in [3.8, 4) is 56.2 Å². The summed E-state index contributed by atoms with van der Waals surface area (Å²) in [5.41, 5.74) is 10.7. The second-order valence-electron chi connectivity index (χ2n) is 12.4. The van der Waals surface area contributed by atoms with Crippen LogP contribution in [0.4, 0.5) is 0 Å². The zero-order valence-corrected chi connectivity index (χ0v) is 27.6. The van der Waals surface area contributed by atoms with E-state index in [0.717, 1.165) is 72.3 Å². The van der Waals surface area contributed by atoms with E-state index in [9.17, 15) is 0 Å². The van der Waals surface area contributed by atoms with E-state index in [1.807, 2.05) is 66.2 Å². The molecule has 0 aliphatic rings. The summed E-state index contributed by atoms with van der Waals surface area (Å²) in [6, 6.07) is 52.9. The first-order valence-electron chi connectivity index (χ1n) is 16.6. The number of para-hydroxylation sites is 1. The molecule has 4 aromatic heterocycles. The van der Waals surface area contributed by atoms with E-state index in [1.54, 1.807) is 0 Å². The Balaban J connectivity index is 1.19. The lowest BCUT2D eigenvalue weighted by molar-refractivity contribution is 0.669. The molecule has 0 saturated carbocycles. The lowest BCUT2D eigenvalue weighted by Gasteiger charge is -2.12. The molecule has 10 aromatic rings. The van der Waals surface area contributed by atoms with Crippen molar-refractivity contribution < 1.29 is 4.42 Å². The minimum Gasteiger partial charge on any atom is -0.455 e. The molecule has 0 radical (unpaired) electrons. The summed E-state index contributed by atoms with van der Waals surface area (Å²) in [4.78, 5) is 14.6. The fourth-order valence-corrected chi connectivity index (χ4v) is 8.16. The lowest BCUT2D eigenvalue weighted by Crippen LogP contribution is -1.97. The smallest absolute Gasteiger partial charge is 0.164 e. The number of nitrogens with zero attached hydrogens (tertiary/aromatic N) is 3. The Bertz CT molecular complexity index is 2870. The number of furan rings is 1. The van der Waals surface area contributed by atoms with Gasteiger partial charge in [-0.3, -0.25) is 4.98 Å². The maximum Gasteiger partial charge on any atom is 0.164 e. The summed E-state index contributed by atoms with van der Waals surface area (Å²) in [6.45, 7) is 0. The van der Waals surface area contributed by atoms with Crippen LogP contribution in [0.25, 0.3) is 98.3 Å². The van der Waals surface area contributed by atoms with Crippen LogP contribution in [0.5, 0.6) is 0 Å². The summed E-state index contributed by atoms with van der Waals surface area (Å²) in [5.74, 6) is 0.617. The number of pyridine rings is 1. The number of rotatable bonds is 5. The first-order chi connectivity index (χ1) is 24.8. The van der Waals surface area contributed by atoms with Gasteiger partial charge in [0, 0.05) is 54.5 Å². The van der Waals surface area contributed by atoms with Gasteiger partial charge in [-0.25, -0.2) is 9.97 Å². The zero-order valence-electron chi connectivity index (χ0n) is 26.7. The summed E-state index contributed by atoms with van der Waals surface area (Å²) in [5, 5.41) is 4.71. The normalized spacial score (nSPS) is 11.6. The van der Waals surface area contributed by atoms with Gasteiger partial charge >= 0.3 is 0 Å². The van der Waals surface area contributed by atoms with E-state index in [4.69, 9.17) is 14.4 Å². The quantitative estimate of drug-likeness (QED) is 0.185. The van der Waals surface area contributed by atoms with Gasteiger partial charge in [-0.15, -0.1) is 11.3 Å². The van der Waals surface area contributed by atoms with Gasteiger partial charge in [0.05, 0.1) is 17.0 Å². The van der Waals surface area contributed by atoms with Crippen LogP contribution in [0.15, 0.2) is 168 Å². The molecule has 0 amide bonds. The Kier molecular flexibility index (Phi) is 6.64. The van der Waals surface area contributed by atoms with Gasteiger partial charge in [-0.1, -0.05) is 103 Å². The monoisotopic (exact) mass is 657 g/mol. The fraction of sp³-hybridized carbons (Fsp3) is 0. The van der Waals surface area contributed by atoms with E-state index in [1.165, 1.54) is 20.2 Å². The van der Waals surface area contributed by atoms with Crippen LogP contribution in [-0.2, 0) is 0 Å². The molecule has 4 nitrogen and oxygen atoms in total. The molecule has 0 aliphatic heterocycles. The molecule has 0 fully saturated rings. The molecule has 0 bridgehead atoms. The number of aromatic nitrogens is 3. The summed E-state index contributed by atoms with van der Waals surface area (Å²) in [6.07, 6.45) is 3.64. The first kappa shape index (κ1) is 28.6. The van der Waals surface area contributed by atoms with E-state index in [2.05, 4.69) is 114 Å². The molecule has 4 heterocycles. The molecule has 0 atom stereocenters. The highest BCUT2D eigenvalue weighted by atomic mass is 32.1. The lowest BCUT2D eigenvalue weighted by atomic mass is 9.96. The van der Waals surface area contributed by atoms with Crippen LogP contribution in [-0.4, -0.2) is 15.0 Å². The average molecular weight is 658 g/mol. The number of benzene rings is 6. The predicted octanol–water partition coefficient (Wildman–Crippen LogP) is 12.5. The van der Waals surface area contributed by atoms with Crippen molar-refractivity contribution in [2.45, 2.75) is 0 Å². The van der Waals surface area contributed by atoms with E-state index >= 15 is 0 Å². The van der Waals surface area contributed by atoms with E-state index < -0.39 is 0 Å². The fourth-order valence-electron chi connectivity index (χ4n) is 7.01. The Morgan fingerprint density at radius 2 is 1.14 bits per heavy atom. The molecule has 0 unspecified atom stereocenters. The van der Waals surface area contributed by atoms with Crippen LogP contribution in [0.3, 0.4) is 0 Å². The second-order valence-corrected chi connectivity index (χ2v) is 13.5. The standard InChI is InChI=1S/C45H27N3OS/c1-2-9-29(10-3-1)38-27-39(32-12-8-11-30(25-32)28-21-23-46-24-22-28)48-45(47-38)37-20-19-33(43-36-14-4-6-15-40(36)49-44(37)43)31-17-18-35-34-13-5-7-16-41(34)50-42(35)26-31/h1-27H. The van der Waals surface area contributed by atoms with Crippen molar-refractivity contribution in [3.63, 3.8) is 0 Å². The van der Waals surface area contributed by atoms with E-state index in [-0.39, 0.29) is 0 Å². The van der Waals surface area contributed by atoms with Crippen molar-refractivity contribution in [2.75, 3.05) is 0 Å². The SMILES string of the molecule is c1ccc(-c2cc(-c3cccc(-c4ccncc4)c3)nc(-c3ccc(-c4ccc5c(c4)sc4ccccc45)c4c3oc3ccccc34)n2)cc1. The second kappa shape index (κ2) is 11.6. The van der Waals surface area contributed by atoms with Gasteiger partial charge in [0.2, 0.25) is 0 Å². The van der Waals surface area contributed by atoms with Gasteiger partial charge in [0.15, 0.2) is 5.82 Å². The number of thiophene rings is 1. The third kappa shape index (κ3) is 4.79. The molecule has 0 aliphatic carbocycles. The third-order valence-corrected chi connectivity index (χ3v) is 10.6. The summed E-state index contributed by atoms with van der Waals surface area (Å²) >= 11 is 1.83. The Morgan fingerprint density at radius 1 is 0.440 bits per heavy atom. The summed E-state index contributed by atoms with van der Waals surface area (Å²) in [7, 11) is 0. The van der Waals surface area contributed by atoms with E-state index in [0.29, 0.717) is 5.82 Å².